The Morgan fingerprint density at radius 3 is 2.53 bits per heavy atom. The fraction of sp³-hybridized carbons (Fsp3) is 0.182. The van der Waals surface area contributed by atoms with E-state index in [2.05, 4.69) is 31.4 Å². The number of aryl methyl sites for hydroxylation is 1. The number of H-pyrrole nitrogens is 1. The van der Waals surface area contributed by atoms with Crippen molar-refractivity contribution in [2.75, 3.05) is 5.32 Å². The molecule has 2 aromatic rings. The lowest BCUT2D eigenvalue weighted by Crippen LogP contribution is -2.01. The number of nitrogens with one attached hydrogen (secondary N) is 2. The first-order valence-electron chi connectivity index (χ1n) is 4.95. The fourth-order valence-electron chi connectivity index (χ4n) is 1.45. The normalized spacial score (nSPS) is 10.6. The second-order valence-electron chi connectivity index (χ2n) is 3.62. The van der Waals surface area contributed by atoms with Gasteiger partial charge in [-0.1, -0.05) is 39.1 Å². The van der Waals surface area contributed by atoms with Crippen LogP contribution in [0.5, 0.6) is 0 Å². The third kappa shape index (κ3) is 2.94. The van der Waals surface area contributed by atoms with Gasteiger partial charge in [-0.2, -0.15) is 5.10 Å². The van der Waals surface area contributed by atoms with Crippen LogP contribution >= 0.6 is 39.1 Å². The van der Waals surface area contributed by atoms with E-state index in [0.29, 0.717) is 16.6 Å². The SMILES string of the molecule is Cc1[nH]ncc1CNc1c(Cl)cc(Br)cc1Cl. The summed E-state index contributed by atoms with van der Waals surface area (Å²) in [5.41, 5.74) is 2.85. The van der Waals surface area contributed by atoms with Crippen LogP contribution in [-0.4, -0.2) is 10.2 Å². The topological polar surface area (TPSA) is 40.7 Å². The molecule has 17 heavy (non-hydrogen) atoms. The highest BCUT2D eigenvalue weighted by Crippen LogP contribution is 2.34. The number of halogens is 3. The molecule has 0 atom stereocenters. The van der Waals surface area contributed by atoms with Crippen molar-refractivity contribution in [2.45, 2.75) is 13.5 Å². The van der Waals surface area contributed by atoms with E-state index in [9.17, 15) is 0 Å². The van der Waals surface area contributed by atoms with Gasteiger partial charge in [-0.15, -0.1) is 0 Å². The summed E-state index contributed by atoms with van der Waals surface area (Å²) in [4.78, 5) is 0. The number of aromatic nitrogens is 2. The van der Waals surface area contributed by atoms with Gasteiger partial charge < -0.3 is 5.32 Å². The van der Waals surface area contributed by atoms with Crippen LogP contribution in [0.4, 0.5) is 5.69 Å². The molecule has 0 fully saturated rings. The molecule has 0 amide bonds. The molecule has 0 unspecified atom stereocenters. The van der Waals surface area contributed by atoms with E-state index in [-0.39, 0.29) is 0 Å². The molecule has 1 aromatic heterocycles. The first-order chi connectivity index (χ1) is 8.08. The van der Waals surface area contributed by atoms with Crippen LogP contribution in [0, 0.1) is 6.92 Å². The number of hydrogen-bond donors (Lipinski definition) is 2. The highest BCUT2D eigenvalue weighted by Gasteiger charge is 2.08. The molecule has 2 rings (SSSR count). The molecule has 0 spiro atoms. The van der Waals surface area contributed by atoms with E-state index in [4.69, 9.17) is 23.2 Å². The molecule has 6 heteroatoms. The molecule has 0 bridgehead atoms. The van der Waals surface area contributed by atoms with Crippen molar-refractivity contribution in [2.24, 2.45) is 0 Å². The maximum atomic E-state index is 6.11. The molecule has 0 saturated heterocycles. The predicted octanol–water partition coefficient (Wildman–Crippen LogP) is 4.40. The summed E-state index contributed by atoms with van der Waals surface area (Å²) in [7, 11) is 0. The van der Waals surface area contributed by atoms with Crippen molar-refractivity contribution in [3.8, 4) is 0 Å². The van der Waals surface area contributed by atoms with Crippen molar-refractivity contribution < 1.29 is 0 Å². The zero-order valence-corrected chi connectivity index (χ0v) is 12.1. The van der Waals surface area contributed by atoms with Gasteiger partial charge in [0, 0.05) is 22.3 Å². The maximum Gasteiger partial charge on any atom is 0.0722 e. The van der Waals surface area contributed by atoms with E-state index in [0.717, 1.165) is 21.4 Å². The van der Waals surface area contributed by atoms with Crippen molar-refractivity contribution in [3.63, 3.8) is 0 Å². The summed E-state index contributed by atoms with van der Waals surface area (Å²) >= 11 is 15.6. The van der Waals surface area contributed by atoms with Crippen LogP contribution in [0.2, 0.25) is 10.0 Å². The predicted molar refractivity (Wildman–Crippen MR) is 74.8 cm³/mol. The Labute approximate surface area is 118 Å². The van der Waals surface area contributed by atoms with E-state index in [1.807, 2.05) is 6.92 Å². The van der Waals surface area contributed by atoms with Crippen LogP contribution < -0.4 is 5.32 Å². The summed E-state index contributed by atoms with van der Waals surface area (Å²) < 4.78 is 0.859. The number of benzene rings is 1. The number of rotatable bonds is 3. The monoisotopic (exact) mass is 333 g/mol. The van der Waals surface area contributed by atoms with E-state index < -0.39 is 0 Å². The van der Waals surface area contributed by atoms with Gasteiger partial charge in [-0.3, -0.25) is 5.10 Å². The molecule has 0 aliphatic rings. The molecule has 0 radical (unpaired) electrons. The largest absolute Gasteiger partial charge is 0.378 e. The van der Waals surface area contributed by atoms with E-state index in [1.165, 1.54) is 0 Å². The summed E-state index contributed by atoms with van der Waals surface area (Å²) in [5, 5.41) is 11.2. The third-order valence-corrected chi connectivity index (χ3v) is 3.45. The van der Waals surface area contributed by atoms with Gasteiger partial charge >= 0.3 is 0 Å². The van der Waals surface area contributed by atoms with Crippen molar-refractivity contribution in [1.82, 2.24) is 10.2 Å². The van der Waals surface area contributed by atoms with Gasteiger partial charge in [-0.25, -0.2) is 0 Å². The summed E-state index contributed by atoms with van der Waals surface area (Å²) in [6.45, 7) is 2.60. The van der Waals surface area contributed by atoms with Crippen molar-refractivity contribution in [3.05, 3.63) is 44.1 Å². The lowest BCUT2D eigenvalue weighted by Gasteiger charge is -2.10. The van der Waals surface area contributed by atoms with Gasteiger partial charge in [0.25, 0.3) is 0 Å². The Morgan fingerprint density at radius 2 is 2.00 bits per heavy atom. The van der Waals surface area contributed by atoms with Gasteiger partial charge in [0.05, 0.1) is 21.9 Å². The summed E-state index contributed by atoms with van der Waals surface area (Å²) in [5.74, 6) is 0. The second-order valence-corrected chi connectivity index (χ2v) is 5.35. The minimum Gasteiger partial charge on any atom is -0.378 e. The molecule has 2 N–H and O–H groups in total. The van der Waals surface area contributed by atoms with Crippen LogP contribution in [0.1, 0.15) is 11.3 Å². The third-order valence-electron chi connectivity index (χ3n) is 2.40. The highest BCUT2D eigenvalue weighted by molar-refractivity contribution is 9.10. The molecule has 1 aromatic carbocycles. The molecule has 1 heterocycles. The van der Waals surface area contributed by atoms with E-state index in [1.54, 1.807) is 18.3 Å². The van der Waals surface area contributed by atoms with Crippen LogP contribution in [0.15, 0.2) is 22.8 Å². The Bertz CT molecular complexity index is 516. The smallest absolute Gasteiger partial charge is 0.0722 e. The molecule has 3 nitrogen and oxygen atoms in total. The average molecular weight is 335 g/mol. The Balaban J connectivity index is 2.17. The Morgan fingerprint density at radius 1 is 1.35 bits per heavy atom. The molecular formula is C11H10BrCl2N3. The fourth-order valence-corrected chi connectivity index (χ4v) is 2.79. The zero-order valence-electron chi connectivity index (χ0n) is 9.02. The molecule has 0 aliphatic carbocycles. The zero-order chi connectivity index (χ0) is 12.4. The van der Waals surface area contributed by atoms with Crippen LogP contribution in [0.25, 0.3) is 0 Å². The summed E-state index contributed by atoms with van der Waals surface area (Å²) in [6.07, 6.45) is 1.78. The second kappa shape index (κ2) is 5.29. The van der Waals surface area contributed by atoms with Crippen molar-refractivity contribution >= 4 is 44.8 Å². The molecular weight excluding hydrogens is 325 g/mol. The molecule has 0 saturated carbocycles. The lowest BCUT2D eigenvalue weighted by atomic mass is 10.2. The minimum absolute atomic E-state index is 0.588. The first kappa shape index (κ1) is 12.7. The standard InChI is InChI=1S/C11H10BrCl2N3/c1-6-7(5-16-17-6)4-15-11-9(13)2-8(12)3-10(11)14/h2-3,5,15H,4H2,1H3,(H,16,17). The summed E-state index contributed by atoms with van der Waals surface area (Å²) in [6, 6.07) is 3.61. The number of hydrogen-bond acceptors (Lipinski definition) is 2. The minimum atomic E-state index is 0.588. The highest BCUT2D eigenvalue weighted by atomic mass is 79.9. The molecule has 0 aliphatic heterocycles. The van der Waals surface area contributed by atoms with Crippen LogP contribution in [-0.2, 0) is 6.54 Å². The van der Waals surface area contributed by atoms with Gasteiger partial charge in [0.1, 0.15) is 0 Å². The van der Waals surface area contributed by atoms with Crippen LogP contribution in [0.3, 0.4) is 0 Å². The quantitative estimate of drug-likeness (QED) is 0.873. The van der Waals surface area contributed by atoms with E-state index >= 15 is 0 Å². The maximum absolute atomic E-state index is 6.11. The lowest BCUT2D eigenvalue weighted by molar-refractivity contribution is 1.04. The number of nitrogens with zero attached hydrogens (tertiary/aromatic N) is 1. The van der Waals surface area contributed by atoms with Gasteiger partial charge in [0.15, 0.2) is 0 Å². The molecule has 90 valence electrons. The Kier molecular flexibility index (Phi) is 3.97. The Hall–Kier alpha value is -0.710. The average Bonchev–Trinajstić information content (AvgIpc) is 2.62. The number of anilines is 1. The first-order valence-corrected chi connectivity index (χ1v) is 6.50. The van der Waals surface area contributed by atoms with Gasteiger partial charge in [0.2, 0.25) is 0 Å². The number of aromatic amines is 1. The van der Waals surface area contributed by atoms with Gasteiger partial charge in [-0.05, 0) is 19.1 Å². The van der Waals surface area contributed by atoms with Crippen molar-refractivity contribution in [1.29, 1.82) is 0 Å².